The van der Waals surface area contributed by atoms with Crippen LogP contribution in [0.4, 0.5) is 5.69 Å². The Hall–Kier alpha value is -2.95. The first-order valence-corrected chi connectivity index (χ1v) is 13.4. The molecule has 0 aliphatic heterocycles. The summed E-state index contributed by atoms with van der Waals surface area (Å²) in [7, 11) is 0. The first-order valence-electron chi connectivity index (χ1n) is 11.5. The first kappa shape index (κ1) is 26.1. The molecular weight excluding hydrogens is 548 g/mol. The molecule has 10 heteroatoms. The van der Waals surface area contributed by atoms with E-state index in [1.54, 1.807) is 18.2 Å². The third-order valence-electron chi connectivity index (χ3n) is 6.01. The molecule has 0 saturated carbocycles. The normalized spacial score (nSPS) is 15.8. The van der Waals surface area contributed by atoms with E-state index < -0.39 is 29.9 Å². The van der Waals surface area contributed by atoms with Gasteiger partial charge in [0, 0.05) is 11.3 Å². The van der Waals surface area contributed by atoms with Crippen LogP contribution in [0, 0.1) is 0 Å². The highest BCUT2D eigenvalue weighted by molar-refractivity contribution is 9.10. The van der Waals surface area contributed by atoms with Crippen molar-refractivity contribution in [1.29, 1.82) is 0 Å². The molecule has 36 heavy (non-hydrogen) atoms. The zero-order valence-corrected chi connectivity index (χ0v) is 22.3. The Morgan fingerprint density at radius 1 is 1.28 bits per heavy atom. The van der Waals surface area contributed by atoms with Crippen molar-refractivity contribution in [1.82, 2.24) is 4.98 Å². The molecule has 2 atom stereocenters. The molecule has 0 saturated heterocycles. The number of anilines is 1. The van der Waals surface area contributed by atoms with Crippen LogP contribution in [0.15, 0.2) is 59.2 Å². The van der Waals surface area contributed by atoms with Gasteiger partial charge in [0.15, 0.2) is 6.61 Å². The van der Waals surface area contributed by atoms with Gasteiger partial charge >= 0.3 is 5.97 Å². The van der Waals surface area contributed by atoms with Crippen LogP contribution < -0.4 is 13.8 Å². The Labute approximate surface area is 220 Å². The summed E-state index contributed by atoms with van der Waals surface area (Å²) in [5.41, 5.74) is 3.13. The van der Waals surface area contributed by atoms with Gasteiger partial charge in [0.05, 0.1) is 22.4 Å². The van der Waals surface area contributed by atoms with E-state index in [4.69, 9.17) is 14.6 Å². The maximum absolute atomic E-state index is 12.4. The van der Waals surface area contributed by atoms with E-state index >= 15 is 0 Å². The Morgan fingerprint density at radius 3 is 2.75 bits per heavy atom. The van der Waals surface area contributed by atoms with Gasteiger partial charge in [-0.1, -0.05) is 38.1 Å². The van der Waals surface area contributed by atoms with Crippen molar-refractivity contribution < 1.29 is 28.1 Å². The van der Waals surface area contributed by atoms with Crippen molar-refractivity contribution in [2.75, 3.05) is 10.9 Å². The van der Waals surface area contributed by atoms with Gasteiger partial charge in [0.2, 0.25) is 5.88 Å². The van der Waals surface area contributed by atoms with E-state index in [9.17, 15) is 13.6 Å². The van der Waals surface area contributed by atoms with Crippen molar-refractivity contribution in [3.8, 4) is 17.4 Å². The molecule has 1 aliphatic carbocycles. The van der Waals surface area contributed by atoms with Crippen molar-refractivity contribution >= 4 is 38.9 Å². The van der Waals surface area contributed by atoms with E-state index in [2.05, 4.69) is 34.8 Å². The number of hydrogen-bond donors (Lipinski definition) is 1. The van der Waals surface area contributed by atoms with Crippen LogP contribution in [-0.2, 0) is 22.5 Å². The summed E-state index contributed by atoms with van der Waals surface area (Å²) in [4.78, 5) is 15.4. The average molecular weight is 574 g/mol. The molecule has 2 aromatic carbocycles. The number of rotatable bonds is 9. The first-order chi connectivity index (χ1) is 17.2. The minimum Gasteiger partial charge on any atom is -0.755 e. The van der Waals surface area contributed by atoms with E-state index in [-0.39, 0.29) is 0 Å². The fraction of sp³-hybridized carbons (Fsp3) is 0.308. The number of aliphatic carboxylic acids is 1. The average Bonchev–Trinajstić information content (AvgIpc) is 2.84. The Balaban J connectivity index is 1.63. The van der Waals surface area contributed by atoms with Gasteiger partial charge in [-0.2, -0.15) is 0 Å². The SMILES string of the molecule is CC(C)c1cccc(Oc2ncc(N(C3CCCc4c(OCC(=O)O)cccc43)S(=O)[O-])cc2Br)c1. The molecule has 1 heterocycles. The van der Waals surface area contributed by atoms with Crippen LogP contribution in [-0.4, -0.2) is 31.4 Å². The monoisotopic (exact) mass is 573 g/mol. The number of carboxylic acid groups (broad SMARTS) is 1. The zero-order valence-electron chi connectivity index (χ0n) is 19.8. The predicted molar refractivity (Wildman–Crippen MR) is 139 cm³/mol. The Morgan fingerprint density at radius 2 is 2.06 bits per heavy atom. The lowest BCUT2D eigenvalue weighted by atomic mass is 9.87. The van der Waals surface area contributed by atoms with E-state index in [0.717, 1.165) is 23.1 Å². The summed E-state index contributed by atoms with van der Waals surface area (Å²) < 4.78 is 38.1. The van der Waals surface area contributed by atoms with E-state index in [0.29, 0.717) is 46.3 Å². The number of fused-ring (bicyclic) bond motifs is 1. The largest absolute Gasteiger partial charge is 0.755 e. The van der Waals surface area contributed by atoms with Gasteiger partial charge < -0.3 is 19.1 Å². The molecule has 0 bridgehead atoms. The van der Waals surface area contributed by atoms with Gasteiger partial charge in [-0.3, -0.25) is 8.51 Å². The van der Waals surface area contributed by atoms with Gasteiger partial charge in [-0.25, -0.2) is 9.78 Å². The van der Waals surface area contributed by atoms with Crippen molar-refractivity contribution in [3.05, 3.63) is 75.9 Å². The zero-order chi connectivity index (χ0) is 25.8. The molecule has 2 unspecified atom stereocenters. The minimum atomic E-state index is -2.59. The number of aromatic nitrogens is 1. The number of hydrogen-bond acceptors (Lipinski definition) is 6. The van der Waals surface area contributed by atoms with Crippen LogP contribution >= 0.6 is 15.9 Å². The second-order valence-corrected chi connectivity index (χ2v) is 10.4. The molecule has 0 spiro atoms. The maximum Gasteiger partial charge on any atom is 0.341 e. The number of carbonyl (C=O) groups is 1. The second-order valence-electron chi connectivity index (χ2n) is 8.77. The molecule has 0 amide bonds. The molecule has 1 N–H and O–H groups in total. The number of pyridine rings is 1. The highest BCUT2D eigenvalue weighted by atomic mass is 79.9. The van der Waals surface area contributed by atoms with Crippen LogP contribution in [0.2, 0.25) is 0 Å². The number of nitrogens with zero attached hydrogens (tertiary/aromatic N) is 2. The van der Waals surface area contributed by atoms with Crippen molar-refractivity contribution in [3.63, 3.8) is 0 Å². The molecule has 4 rings (SSSR count). The highest BCUT2D eigenvalue weighted by Gasteiger charge is 2.30. The van der Waals surface area contributed by atoms with E-state index in [1.807, 2.05) is 30.3 Å². The second kappa shape index (κ2) is 11.4. The van der Waals surface area contributed by atoms with E-state index in [1.165, 1.54) is 10.5 Å². The Bertz CT molecular complexity index is 1290. The van der Waals surface area contributed by atoms with Gasteiger partial charge in [-0.15, -0.1) is 0 Å². The van der Waals surface area contributed by atoms with Gasteiger partial charge in [0.25, 0.3) is 0 Å². The van der Waals surface area contributed by atoms with Crippen LogP contribution in [0.3, 0.4) is 0 Å². The molecule has 190 valence electrons. The lowest BCUT2D eigenvalue weighted by molar-refractivity contribution is -0.139. The summed E-state index contributed by atoms with van der Waals surface area (Å²) in [6.07, 6.45) is 3.47. The van der Waals surface area contributed by atoms with Gasteiger partial charge in [0.1, 0.15) is 11.5 Å². The summed E-state index contributed by atoms with van der Waals surface area (Å²) in [5.74, 6) is 0.701. The summed E-state index contributed by atoms with van der Waals surface area (Å²) >= 11 is 0.889. The smallest absolute Gasteiger partial charge is 0.341 e. The fourth-order valence-corrected chi connectivity index (χ4v) is 5.45. The van der Waals surface area contributed by atoms with Crippen LogP contribution in [0.5, 0.6) is 17.4 Å². The molecule has 0 fully saturated rings. The third-order valence-corrected chi connectivity index (χ3v) is 7.37. The van der Waals surface area contributed by atoms with Gasteiger partial charge in [-0.05, 0) is 82.1 Å². The molecule has 8 nitrogen and oxygen atoms in total. The quantitative estimate of drug-likeness (QED) is 0.317. The lowest BCUT2D eigenvalue weighted by Crippen LogP contribution is -2.33. The van der Waals surface area contributed by atoms with Crippen molar-refractivity contribution in [2.24, 2.45) is 0 Å². The Kier molecular flexibility index (Phi) is 8.28. The molecule has 0 radical (unpaired) electrons. The number of carboxylic acids is 1. The molecule has 3 aromatic rings. The topological polar surface area (TPSA) is 112 Å². The number of benzene rings is 2. The lowest BCUT2D eigenvalue weighted by Gasteiger charge is -2.38. The maximum atomic E-state index is 12.4. The van der Waals surface area contributed by atoms with Crippen LogP contribution in [0.25, 0.3) is 0 Å². The van der Waals surface area contributed by atoms with Crippen molar-refractivity contribution in [2.45, 2.75) is 45.1 Å². The number of halogens is 1. The standard InChI is InChI=1S/C26H27BrN2O6S/c1-16(2)17-6-3-7-19(12-17)35-26-22(27)13-18(14-28-26)29(36(32)33)23-10-4-9-21-20(23)8-5-11-24(21)34-15-25(30)31/h3,5-8,11-14,16,23H,4,9-10,15H2,1-2H3,(H,30,31)(H,32,33)/p-1. The van der Waals surface area contributed by atoms with Crippen LogP contribution in [0.1, 0.15) is 55.3 Å². The minimum absolute atomic E-state index is 0.324. The molecule has 1 aromatic heterocycles. The molecular formula is C26H26BrN2O6S-. The predicted octanol–water partition coefficient (Wildman–Crippen LogP) is 5.90. The molecule has 1 aliphatic rings. The summed E-state index contributed by atoms with van der Waals surface area (Å²) in [6.45, 7) is 3.74. The summed E-state index contributed by atoms with van der Waals surface area (Å²) in [5, 5.41) is 8.98. The third kappa shape index (κ3) is 5.88. The highest BCUT2D eigenvalue weighted by Crippen LogP contribution is 2.42. The summed E-state index contributed by atoms with van der Waals surface area (Å²) in [6, 6.07) is 14.2. The number of ether oxygens (including phenoxy) is 2. The fourth-order valence-electron chi connectivity index (χ4n) is 4.34.